The molecule has 0 aliphatic heterocycles. The summed E-state index contributed by atoms with van der Waals surface area (Å²) in [5.74, 6) is 0. The number of benzene rings is 1. The number of thioether (sulfide) groups is 1. The first-order valence-electron chi connectivity index (χ1n) is 4.43. The molecule has 0 saturated heterocycles. The molecule has 2 aromatic rings. The number of nitrogens with zero attached hydrogens (tertiary/aromatic N) is 3. The highest BCUT2D eigenvalue weighted by molar-refractivity contribution is 9.10. The second-order valence-corrected chi connectivity index (χ2v) is 5.04. The van der Waals surface area contributed by atoms with Crippen molar-refractivity contribution in [3.8, 4) is 5.69 Å². The number of tetrazole rings is 1. The maximum Gasteiger partial charge on any atom is 0.446 e. The van der Waals surface area contributed by atoms with Gasteiger partial charge in [-0.25, -0.2) is 9.89 Å². The Morgan fingerprint density at radius 1 is 1.39 bits per heavy atom. The van der Waals surface area contributed by atoms with Crippen molar-refractivity contribution in [2.24, 2.45) is 0 Å². The Kier molecular flexibility index (Phi) is 3.48. The maximum atomic E-state index is 12.2. The lowest BCUT2D eigenvalue weighted by atomic mass is 10.3. The predicted octanol–water partition coefficient (Wildman–Crippen LogP) is 2.33. The van der Waals surface area contributed by atoms with E-state index in [9.17, 15) is 18.0 Å². The molecule has 0 amide bonds. The number of H-pyrrole nitrogens is 1. The van der Waals surface area contributed by atoms with Crippen LogP contribution in [0.15, 0.2) is 32.4 Å². The van der Waals surface area contributed by atoms with Gasteiger partial charge >= 0.3 is 11.2 Å². The Balaban J connectivity index is 2.37. The zero-order chi connectivity index (χ0) is 13.3. The van der Waals surface area contributed by atoms with Crippen LogP contribution in [-0.4, -0.2) is 25.7 Å². The normalized spacial score (nSPS) is 11.8. The van der Waals surface area contributed by atoms with Crippen LogP contribution in [0.3, 0.4) is 0 Å². The third-order valence-corrected chi connectivity index (χ3v) is 3.58. The van der Waals surface area contributed by atoms with Gasteiger partial charge in [-0.2, -0.15) is 17.9 Å². The number of aromatic nitrogens is 4. The van der Waals surface area contributed by atoms with Crippen LogP contribution < -0.4 is 5.69 Å². The molecule has 0 saturated carbocycles. The Morgan fingerprint density at radius 3 is 2.61 bits per heavy atom. The summed E-state index contributed by atoms with van der Waals surface area (Å²) in [5, 5.41) is 8.85. The number of hydrogen-bond acceptors (Lipinski definition) is 4. The van der Waals surface area contributed by atoms with Crippen molar-refractivity contribution in [3.05, 3.63) is 33.2 Å². The fraction of sp³-hybridized carbons (Fsp3) is 0.125. The van der Waals surface area contributed by atoms with Crippen LogP contribution in [0, 0.1) is 0 Å². The molecular formula is C8H4BrF3N4OS. The highest BCUT2D eigenvalue weighted by Crippen LogP contribution is 2.40. The lowest BCUT2D eigenvalue weighted by molar-refractivity contribution is -0.0328. The van der Waals surface area contributed by atoms with Crippen molar-refractivity contribution in [2.75, 3.05) is 0 Å². The van der Waals surface area contributed by atoms with E-state index in [1.807, 2.05) is 0 Å². The van der Waals surface area contributed by atoms with E-state index in [4.69, 9.17) is 0 Å². The van der Waals surface area contributed by atoms with Gasteiger partial charge in [0.05, 0.1) is 5.69 Å². The van der Waals surface area contributed by atoms with Gasteiger partial charge in [0.25, 0.3) is 0 Å². The Morgan fingerprint density at radius 2 is 2.11 bits per heavy atom. The van der Waals surface area contributed by atoms with Gasteiger partial charge in [0.1, 0.15) is 0 Å². The largest absolute Gasteiger partial charge is 0.446 e. The lowest BCUT2D eigenvalue weighted by Crippen LogP contribution is -2.15. The third kappa shape index (κ3) is 2.93. The highest BCUT2D eigenvalue weighted by atomic mass is 79.9. The van der Waals surface area contributed by atoms with Gasteiger partial charge in [0.2, 0.25) is 0 Å². The second-order valence-electron chi connectivity index (χ2n) is 3.08. The zero-order valence-electron chi connectivity index (χ0n) is 8.40. The first-order valence-corrected chi connectivity index (χ1v) is 6.04. The summed E-state index contributed by atoms with van der Waals surface area (Å²) < 4.78 is 37.8. The van der Waals surface area contributed by atoms with Crippen molar-refractivity contribution >= 4 is 27.7 Å². The Labute approximate surface area is 110 Å². The maximum absolute atomic E-state index is 12.2. The summed E-state index contributed by atoms with van der Waals surface area (Å²) in [6, 6.07) is 3.96. The molecule has 1 aromatic heterocycles. The van der Waals surface area contributed by atoms with E-state index in [0.717, 1.165) is 4.68 Å². The molecule has 0 radical (unpaired) electrons. The van der Waals surface area contributed by atoms with Gasteiger partial charge in [0, 0.05) is 9.37 Å². The molecule has 10 heteroatoms. The molecule has 0 atom stereocenters. The van der Waals surface area contributed by atoms with Gasteiger partial charge in [-0.3, -0.25) is 0 Å². The zero-order valence-corrected chi connectivity index (χ0v) is 10.8. The van der Waals surface area contributed by atoms with Crippen LogP contribution in [0.4, 0.5) is 13.2 Å². The van der Waals surface area contributed by atoms with Gasteiger partial charge in [-0.15, -0.1) is 0 Å². The minimum Gasteiger partial charge on any atom is -0.244 e. The molecule has 0 bridgehead atoms. The van der Waals surface area contributed by atoms with E-state index in [1.165, 1.54) is 18.2 Å². The number of halogens is 4. The van der Waals surface area contributed by atoms with Crippen molar-refractivity contribution in [3.63, 3.8) is 0 Å². The minimum atomic E-state index is -4.37. The molecule has 18 heavy (non-hydrogen) atoms. The SMILES string of the molecule is O=c1[nH]nnn1-c1ccc(SC(F)(F)F)c(Br)c1. The van der Waals surface area contributed by atoms with Crippen LogP contribution in [0.25, 0.3) is 5.69 Å². The Bertz CT molecular complexity index is 623. The molecule has 1 N–H and O–H groups in total. The van der Waals surface area contributed by atoms with Crippen molar-refractivity contribution in [2.45, 2.75) is 10.4 Å². The molecule has 1 heterocycles. The topological polar surface area (TPSA) is 63.6 Å². The molecule has 0 aliphatic carbocycles. The molecule has 5 nitrogen and oxygen atoms in total. The number of hydrogen-bond donors (Lipinski definition) is 1. The average Bonchev–Trinajstić information content (AvgIpc) is 2.66. The summed E-state index contributed by atoms with van der Waals surface area (Å²) >= 11 is 2.77. The predicted molar refractivity (Wildman–Crippen MR) is 61.6 cm³/mol. The summed E-state index contributed by atoms with van der Waals surface area (Å²) in [6.45, 7) is 0. The van der Waals surface area contributed by atoms with E-state index >= 15 is 0 Å². The summed E-state index contributed by atoms with van der Waals surface area (Å²) in [4.78, 5) is 11.2. The summed E-state index contributed by atoms with van der Waals surface area (Å²) in [6.07, 6.45) is 0. The molecule has 96 valence electrons. The van der Waals surface area contributed by atoms with E-state index in [0.29, 0.717) is 5.69 Å². The fourth-order valence-electron chi connectivity index (χ4n) is 1.20. The molecule has 1 aromatic carbocycles. The first kappa shape index (κ1) is 13.1. The van der Waals surface area contributed by atoms with E-state index < -0.39 is 11.2 Å². The van der Waals surface area contributed by atoms with Gasteiger partial charge < -0.3 is 0 Å². The molecule has 0 aliphatic rings. The monoisotopic (exact) mass is 340 g/mol. The summed E-state index contributed by atoms with van der Waals surface area (Å²) in [5.41, 5.74) is -4.63. The Hall–Kier alpha value is -1.29. The molecule has 2 rings (SSSR count). The number of alkyl halides is 3. The van der Waals surface area contributed by atoms with Gasteiger partial charge in [-0.1, -0.05) is 0 Å². The lowest BCUT2D eigenvalue weighted by Gasteiger charge is -2.08. The smallest absolute Gasteiger partial charge is 0.244 e. The quantitative estimate of drug-likeness (QED) is 0.852. The second kappa shape index (κ2) is 4.76. The highest BCUT2D eigenvalue weighted by Gasteiger charge is 2.30. The number of nitrogens with one attached hydrogen (secondary N) is 1. The van der Waals surface area contributed by atoms with Crippen molar-refractivity contribution in [1.82, 2.24) is 20.2 Å². The van der Waals surface area contributed by atoms with Gasteiger partial charge in [0.15, 0.2) is 0 Å². The molecule has 0 fully saturated rings. The summed E-state index contributed by atoms with van der Waals surface area (Å²) in [7, 11) is 0. The van der Waals surface area contributed by atoms with E-state index in [2.05, 4.69) is 31.5 Å². The van der Waals surface area contributed by atoms with Crippen molar-refractivity contribution < 1.29 is 13.2 Å². The third-order valence-electron chi connectivity index (χ3n) is 1.86. The molecule has 0 unspecified atom stereocenters. The van der Waals surface area contributed by atoms with Crippen LogP contribution in [0.2, 0.25) is 0 Å². The van der Waals surface area contributed by atoms with Crippen LogP contribution in [-0.2, 0) is 0 Å². The fourth-order valence-corrected chi connectivity index (χ4v) is 2.35. The van der Waals surface area contributed by atoms with Crippen LogP contribution in [0.5, 0.6) is 0 Å². The number of rotatable bonds is 2. The molecular weight excluding hydrogens is 337 g/mol. The van der Waals surface area contributed by atoms with E-state index in [-0.39, 0.29) is 21.1 Å². The van der Waals surface area contributed by atoms with Gasteiger partial charge in [-0.05, 0) is 56.3 Å². The standard InChI is InChI=1S/C8H4BrF3N4OS/c9-5-3-4(16-7(17)13-14-15-16)1-2-6(5)18-8(10,11)12/h1-3H,(H,13,15,17). The van der Waals surface area contributed by atoms with Crippen LogP contribution in [0.1, 0.15) is 0 Å². The van der Waals surface area contributed by atoms with Crippen LogP contribution >= 0.6 is 27.7 Å². The van der Waals surface area contributed by atoms with E-state index in [1.54, 1.807) is 0 Å². The average molecular weight is 341 g/mol. The number of aromatic amines is 1. The minimum absolute atomic E-state index is 0.00259. The molecule has 0 spiro atoms. The first-order chi connectivity index (χ1) is 8.37. The van der Waals surface area contributed by atoms with Crippen molar-refractivity contribution in [1.29, 1.82) is 0 Å².